The van der Waals surface area contributed by atoms with Crippen LogP contribution in [-0.2, 0) is 6.18 Å². The summed E-state index contributed by atoms with van der Waals surface area (Å²) in [5.41, 5.74) is -0.916. The molecular formula is C10H6ClF3N4. The van der Waals surface area contributed by atoms with Crippen LogP contribution in [0.5, 0.6) is 0 Å². The van der Waals surface area contributed by atoms with Gasteiger partial charge < -0.3 is 0 Å². The molecule has 0 atom stereocenters. The third-order valence-corrected chi connectivity index (χ3v) is 2.34. The summed E-state index contributed by atoms with van der Waals surface area (Å²) in [5, 5.41) is 3.75. The Bertz CT molecular complexity index is 591. The fourth-order valence-corrected chi connectivity index (χ4v) is 1.48. The van der Waals surface area contributed by atoms with Crippen molar-refractivity contribution in [2.45, 2.75) is 6.18 Å². The Morgan fingerprint density at radius 2 is 2.06 bits per heavy atom. The van der Waals surface area contributed by atoms with E-state index < -0.39 is 11.7 Å². The molecule has 0 bridgehead atoms. The van der Waals surface area contributed by atoms with Crippen molar-refractivity contribution in [1.29, 1.82) is 0 Å². The fourth-order valence-electron chi connectivity index (χ4n) is 1.23. The molecule has 0 aliphatic carbocycles. The largest absolute Gasteiger partial charge is 0.417 e. The molecule has 0 N–H and O–H groups in total. The molecule has 0 aromatic carbocycles. The fraction of sp³-hybridized carbons (Fsp3) is 0.100. The minimum Gasteiger partial charge on any atom is -0.235 e. The van der Waals surface area contributed by atoms with Crippen molar-refractivity contribution in [3.05, 3.63) is 41.6 Å². The Morgan fingerprint density at radius 1 is 1.33 bits per heavy atom. The van der Waals surface area contributed by atoms with E-state index in [4.69, 9.17) is 11.6 Å². The highest BCUT2D eigenvalue weighted by atomic mass is 35.5. The van der Waals surface area contributed by atoms with Gasteiger partial charge in [0.1, 0.15) is 6.33 Å². The van der Waals surface area contributed by atoms with Crippen molar-refractivity contribution in [3.63, 3.8) is 0 Å². The predicted octanol–water partition coefficient (Wildman–Crippen LogP) is 2.98. The molecule has 2 heterocycles. The van der Waals surface area contributed by atoms with E-state index in [1.807, 2.05) is 0 Å². The van der Waals surface area contributed by atoms with E-state index in [2.05, 4.69) is 21.6 Å². The van der Waals surface area contributed by atoms with Gasteiger partial charge in [0, 0.05) is 6.20 Å². The summed E-state index contributed by atoms with van der Waals surface area (Å²) >= 11 is 5.75. The number of hydrogen-bond donors (Lipinski definition) is 0. The SMILES string of the molecule is C=Cc1ncn(-c2ncc(C(F)(F)F)cc2Cl)n1. The van der Waals surface area contributed by atoms with Gasteiger partial charge in [0.05, 0.1) is 10.6 Å². The molecule has 8 heteroatoms. The van der Waals surface area contributed by atoms with Crippen LogP contribution < -0.4 is 0 Å². The van der Waals surface area contributed by atoms with E-state index in [1.54, 1.807) is 0 Å². The maximum absolute atomic E-state index is 12.4. The number of pyridine rings is 1. The molecule has 94 valence electrons. The highest BCUT2D eigenvalue weighted by molar-refractivity contribution is 6.32. The lowest BCUT2D eigenvalue weighted by molar-refractivity contribution is -0.137. The first-order valence-electron chi connectivity index (χ1n) is 4.69. The second-order valence-corrected chi connectivity index (χ2v) is 3.69. The molecule has 0 aliphatic heterocycles. The van der Waals surface area contributed by atoms with Crippen LogP contribution in [-0.4, -0.2) is 19.7 Å². The van der Waals surface area contributed by atoms with Gasteiger partial charge in [0.15, 0.2) is 11.6 Å². The number of halogens is 4. The molecule has 0 fully saturated rings. The topological polar surface area (TPSA) is 43.6 Å². The van der Waals surface area contributed by atoms with Gasteiger partial charge in [-0.15, -0.1) is 5.10 Å². The smallest absolute Gasteiger partial charge is 0.235 e. The van der Waals surface area contributed by atoms with Gasteiger partial charge in [0.2, 0.25) is 0 Å². The second-order valence-electron chi connectivity index (χ2n) is 3.28. The minimum atomic E-state index is -4.48. The predicted molar refractivity (Wildman–Crippen MR) is 59.3 cm³/mol. The molecule has 2 aromatic rings. The van der Waals surface area contributed by atoms with Gasteiger partial charge in [-0.3, -0.25) is 0 Å². The molecule has 0 saturated heterocycles. The number of hydrogen-bond acceptors (Lipinski definition) is 3. The van der Waals surface area contributed by atoms with Crippen LogP contribution in [0.4, 0.5) is 13.2 Å². The zero-order valence-electron chi connectivity index (χ0n) is 8.82. The maximum atomic E-state index is 12.4. The van der Waals surface area contributed by atoms with Gasteiger partial charge in [-0.25, -0.2) is 14.6 Å². The Labute approximate surface area is 105 Å². The average molecular weight is 275 g/mol. The van der Waals surface area contributed by atoms with E-state index >= 15 is 0 Å². The lowest BCUT2D eigenvalue weighted by Gasteiger charge is -2.08. The van der Waals surface area contributed by atoms with Crippen LogP contribution in [0.25, 0.3) is 11.9 Å². The molecule has 0 spiro atoms. The van der Waals surface area contributed by atoms with E-state index in [1.165, 1.54) is 17.1 Å². The summed E-state index contributed by atoms with van der Waals surface area (Å²) < 4.78 is 38.4. The van der Waals surface area contributed by atoms with Gasteiger partial charge in [-0.1, -0.05) is 18.2 Å². The molecule has 2 aromatic heterocycles. The van der Waals surface area contributed by atoms with Gasteiger partial charge in [-0.05, 0) is 12.1 Å². The lowest BCUT2D eigenvalue weighted by atomic mass is 10.3. The van der Waals surface area contributed by atoms with Crippen molar-refractivity contribution in [1.82, 2.24) is 19.7 Å². The van der Waals surface area contributed by atoms with Crippen LogP contribution >= 0.6 is 11.6 Å². The first kappa shape index (κ1) is 12.6. The van der Waals surface area contributed by atoms with E-state index in [-0.39, 0.29) is 10.8 Å². The Hall–Kier alpha value is -1.89. The molecule has 0 radical (unpaired) electrons. The molecule has 0 amide bonds. The molecule has 2 rings (SSSR count). The zero-order valence-corrected chi connectivity index (χ0v) is 9.57. The minimum absolute atomic E-state index is 0.0743. The summed E-state index contributed by atoms with van der Waals surface area (Å²) in [7, 11) is 0. The van der Waals surface area contributed by atoms with Crippen LogP contribution in [0.1, 0.15) is 11.4 Å². The standard InChI is InChI=1S/C10H6ClF3N4/c1-2-8-16-5-18(17-8)9-7(11)3-6(4-15-9)10(12,13)14/h2-5H,1H2. The highest BCUT2D eigenvalue weighted by Gasteiger charge is 2.31. The van der Waals surface area contributed by atoms with Crippen molar-refractivity contribution < 1.29 is 13.2 Å². The Kier molecular flexibility index (Phi) is 3.08. The molecule has 0 unspecified atom stereocenters. The van der Waals surface area contributed by atoms with Crippen molar-refractivity contribution in [3.8, 4) is 5.82 Å². The first-order valence-corrected chi connectivity index (χ1v) is 5.07. The zero-order chi connectivity index (χ0) is 13.3. The van der Waals surface area contributed by atoms with Crippen molar-refractivity contribution in [2.24, 2.45) is 0 Å². The molecular weight excluding hydrogens is 269 g/mol. The number of rotatable bonds is 2. The van der Waals surface area contributed by atoms with Gasteiger partial charge in [0.25, 0.3) is 0 Å². The monoisotopic (exact) mass is 274 g/mol. The maximum Gasteiger partial charge on any atom is 0.417 e. The Morgan fingerprint density at radius 3 is 2.56 bits per heavy atom. The molecule has 4 nitrogen and oxygen atoms in total. The van der Waals surface area contributed by atoms with Crippen LogP contribution in [0, 0.1) is 0 Å². The van der Waals surface area contributed by atoms with Crippen LogP contribution in [0.3, 0.4) is 0 Å². The average Bonchev–Trinajstić information content (AvgIpc) is 2.76. The Balaban J connectivity index is 2.44. The second kappa shape index (κ2) is 4.41. The van der Waals surface area contributed by atoms with Crippen molar-refractivity contribution in [2.75, 3.05) is 0 Å². The third-order valence-electron chi connectivity index (χ3n) is 2.06. The molecule has 0 aliphatic rings. The van der Waals surface area contributed by atoms with E-state index in [0.29, 0.717) is 12.0 Å². The number of nitrogens with zero attached hydrogens (tertiary/aromatic N) is 4. The van der Waals surface area contributed by atoms with Crippen molar-refractivity contribution >= 4 is 17.7 Å². The van der Waals surface area contributed by atoms with Gasteiger partial charge in [-0.2, -0.15) is 13.2 Å². The summed E-state index contributed by atoms with van der Waals surface area (Å²) in [5.74, 6) is 0.401. The van der Waals surface area contributed by atoms with Gasteiger partial charge >= 0.3 is 6.18 Å². The summed E-state index contributed by atoms with van der Waals surface area (Å²) in [6, 6.07) is 0.791. The highest BCUT2D eigenvalue weighted by Crippen LogP contribution is 2.31. The number of alkyl halides is 3. The number of aromatic nitrogens is 4. The van der Waals surface area contributed by atoms with E-state index in [9.17, 15) is 13.2 Å². The molecule has 0 saturated carbocycles. The van der Waals surface area contributed by atoms with Crippen LogP contribution in [0.15, 0.2) is 25.2 Å². The summed E-state index contributed by atoms with van der Waals surface area (Å²) in [4.78, 5) is 7.47. The summed E-state index contributed by atoms with van der Waals surface area (Å²) in [6.45, 7) is 3.47. The van der Waals surface area contributed by atoms with Crippen LogP contribution in [0.2, 0.25) is 5.02 Å². The lowest BCUT2D eigenvalue weighted by Crippen LogP contribution is -2.08. The normalized spacial score (nSPS) is 11.6. The first-order chi connectivity index (χ1) is 8.41. The molecule has 18 heavy (non-hydrogen) atoms. The quantitative estimate of drug-likeness (QED) is 0.845. The van der Waals surface area contributed by atoms with E-state index in [0.717, 1.165) is 6.07 Å². The third kappa shape index (κ3) is 2.35. The summed E-state index contributed by atoms with van der Waals surface area (Å²) in [6.07, 6.45) is -1.10.